The Morgan fingerprint density at radius 2 is 1.74 bits per heavy atom. The van der Waals surface area contributed by atoms with Crippen LogP contribution in [-0.4, -0.2) is 25.0 Å². The summed E-state index contributed by atoms with van der Waals surface area (Å²) in [7, 11) is 0. The van der Waals surface area contributed by atoms with Gasteiger partial charge in [0.1, 0.15) is 13.2 Å². The molecule has 6 nitrogen and oxygen atoms in total. The molecule has 0 radical (unpaired) electrons. The van der Waals surface area contributed by atoms with Crippen LogP contribution in [0.4, 0.5) is 5.69 Å². The molecule has 0 bridgehead atoms. The SMILES string of the molecule is CC(=O)NC(CC(=O)Nc1cc2c(cc1Cl)OCCO2)c1ccc(C)cc1. The first-order chi connectivity index (χ1) is 12.9. The molecule has 7 heteroatoms. The normalized spacial score (nSPS) is 13.6. The summed E-state index contributed by atoms with van der Waals surface area (Å²) < 4.78 is 11.0. The number of hydrogen-bond acceptors (Lipinski definition) is 4. The summed E-state index contributed by atoms with van der Waals surface area (Å²) in [6.45, 7) is 4.31. The molecule has 0 aromatic heterocycles. The van der Waals surface area contributed by atoms with Crippen LogP contribution < -0.4 is 20.1 Å². The fourth-order valence-corrected chi connectivity index (χ4v) is 3.04. The number of ether oxygens (including phenoxy) is 2. The second-order valence-corrected chi connectivity index (χ2v) is 6.80. The molecule has 27 heavy (non-hydrogen) atoms. The van der Waals surface area contributed by atoms with Gasteiger partial charge in [0.2, 0.25) is 11.8 Å². The van der Waals surface area contributed by atoms with Crippen LogP contribution >= 0.6 is 11.6 Å². The molecular formula is C20H21ClN2O4. The molecule has 0 fully saturated rings. The van der Waals surface area contributed by atoms with Crippen molar-refractivity contribution in [3.8, 4) is 11.5 Å². The van der Waals surface area contributed by atoms with Crippen molar-refractivity contribution >= 4 is 29.1 Å². The average molecular weight is 389 g/mol. The number of fused-ring (bicyclic) bond motifs is 1. The van der Waals surface area contributed by atoms with E-state index in [1.807, 2.05) is 31.2 Å². The molecule has 0 spiro atoms. The fourth-order valence-electron chi connectivity index (χ4n) is 2.84. The van der Waals surface area contributed by atoms with Crippen LogP contribution in [0.1, 0.15) is 30.5 Å². The van der Waals surface area contributed by atoms with Gasteiger partial charge in [0.25, 0.3) is 0 Å². The Balaban J connectivity index is 1.74. The fraction of sp³-hybridized carbons (Fsp3) is 0.300. The Hall–Kier alpha value is -2.73. The van der Waals surface area contributed by atoms with Gasteiger partial charge in [-0.15, -0.1) is 0 Å². The molecule has 142 valence electrons. The van der Waals surface area contributed by atoms with Crippen LogP contribution in [0.25, 0.3) is 0 Å². The van der Waals surface area contributed by atoms with Gasteiger partial charge in [-0.1, -0.05) is 41.4 Å². The maximum absolute atomic E-state index is 12.6. The molecule has 1 aliphatic rings. The largest absolute Gasteiger partial charge is 0.486 e. The molecule has 2 amide bonds. The van der Waals surface area contributed by atoms with Gasteiger partial charge in [0.15, 0.2) is 11.5 Å². The molecular weight excluding hydrogens is 368 g/mol. The molecule has 2 N–H and O–H groups in total. The van der Waals surface area contributed by atoms with E-state index in [9.17, 15) is 9.59 Å². The van der Waals surface area contributed by atoms with E-state index in [-0.39, 0.29) is 18.2 Å². The molecule has 0 saturated carbocycles. The van der Waals surface area contributed by atoms with E-state index < -0.39 is 6.04 Å². The number of nitrogens with one attached hydrogen (secondary N) is 2. The van der Waals surface area contributed by atoms with Gasteiger partial charge in [0, 0.05) is 19.1 Å². The van der Waals surface area contributed by atoms with Crippen molar-refractivity contribution in [1.29, 1.82) is 0 Å². The zero-order valence-electron chi connectivity index (χ0n) is 15.2. The molecule has 1 heterocycles. The Bertz CT molecular complexity index is 852. The molecule has 1 unspecified atom stereocenters. The van der Waals surface area contributed by atoms with E-state index in [0.717, 1.165) is 11.1 Å². The minimum Gasteiger partial charge on any atom is -0.486 e. The second kappa shape index (κ2) is 8.31. The molecule has 3 rings (SSSR count). The molecule has 0 aliphatic carbocycles. The van der Waals surface area contributed by atoms with Crippen LogP contribution in [0.3, 0.4) is 0 Å². The summed E-state index contributed by atoms with van der Waals surface area (Å²) in [5.41, 5.74) is 2.41. The van der Waals surface area contributed by atoms with Crippen molar-refractivity contribution in [3.63, 3.8) is 0 Å². The Labute approximate surface area is 162 Å². The number of carbonyl (C=O) groups is 2. The Kier molecular flexibility index (Phi) is 5.86. The highest BCUT2D eigenvalue weighted by Gasteiger charge is 2.20. The summed E-state index contributed by atoms with van der Waals surface area (Å²) in [5.74, 6) is 0.622. The van der Waals surface area contributed by atoms with E-state index in [0.29, 0.717) is 35.4 Å². The molecule has 2 aromatic rings. The third-order valence-electron chi connectivity index (χ3n) is 4.15. The van der Waals surface area contributed by atoms with Crippen LogP contribution in [0.5, 0.6) is 11.5 Å². The van der Waals surface area contributed by atoms with Gasteiger partial charge in [-0.2, -0.15) is 0 Å². The summed E-state index contributed by atoms with van der Waals surface area (Å²) in [4.78, 5) is 24.1. The van der Waals surface area contributed by atoms with Gasteiger partial charge in [-0.25, -0.2) is 0 Å². The highest BCUT2D eigenvalue weighted by molar-refractivity contribution is 6.34. The average Bonchev–Trinajstić information content (AvgIpc) is 2.62. The number of carbonyl (C=O) groups excluding carboxylic acids is 2. The lowest BCUT2D eigenvalue weighted by Gasteiger charge is -2.21. The highest BCUT2D eigenvalue weighted by Crippen LogP contribution is 2.38. The van der Waals surface area contributed by atoms with E-state index >= 15 is 0 Å². The minimum atomic E-state index is -0.431. The van der Waals surface area contributed by atoms with Gasteiger partial charge in [0.05, 0.1) is 23.2 Å². The predicted octanol–water partition coefficient (Wildman–Crippen LogP) is 3.63. The first-order valence-corrected chi connectivity index (χ1v) is 9.03. The molecule has 1 atom stereocenters. The van der Waals surface area contributed by atoms with Crippen molar-refractivity contribution in [2.75, 3.05) is 18.5 Å². The second-order valence-electron chi connectivity index (χ2n) is 6.39. The van der Waals surface area contributed by atoms with Crippen LogP contribution in [0.15, 0.2) is 36.4 Å². The molecule has 0 saturated heterocycles. The maximum atomic E-state index is 12.6. The Morgan fingerprint density at radius 1 is 1.11 bits per heavy atom. The van der Waals surface area contributed by atoms with E-state index in [1.165, 1.54) is 6.92 Å². The van der Waals surface area contributed by atoms with Crippen molar-refractivity contribution in [2.24, 2.45) is 0 Å². The van der Waals surface area contributed by atoms with Crippen LogP contribution in [0.2, 0.25) is 5.02 Å². The minimum absolute atomic E-state index is 0.0768. The number of halogens is 1. The van der Waals surface area contributed by atoms with E-state index in [2.05, 4.69) is 10.6 Å². The quantitative estimate of drug-likeness (QED) is 0.820. The number of amides is 2. The number of rotatable bonds is 5. The Morgan fingerprint density at radius 3 is 2.37 bits per heavy atom. The van der Waals surface area contributed by atoms with Crippen LogP contribution in [-0.2, 0) is 9.59 Å². The van der Waals surface area contributed by atoms with Crippen molar-refractivity contribution in [2.45, 2.75) is 26.3 Å². The lowest BCUT2D eigenvalue weighted by atomic mass is 10.0. The van der Waals surface area contributed by atoms with Gasteiger partial charge < -0.3 is 20.1 Å². The van der Waals surface area contributed by atoms with Gasteiger partial charge >= 0.3 is 0 Å². The smallest absolute Gasteiger partial charge is 0.226 e. The standard InChI is InChI=1S/C20H21ClN2O4/c1-12-3-5-14(6-4-12)16(22-13(2)24)11-20(25)23-17-10-19-18(9-15(17)21)26-7-8-27-19/h3-6,9-10,16H,7-8,11H2,1-2H3,(H,22,24)(H,23,25). The predicted molar refractivity (Wildman–Crippen MR) is 103 cm³/mol. The number of anilines is 1. The summed E-state index contributed by atoms with van der Waals surface area (Å²) in [6, 6.07) is 10.5. The lowest BCUT2D eigenvalue weighted by Crippen LogP contribution is -2.29. The van der Waals surface area contributed by atoms with Gasteiger partial charge in [-0.05, 0) is 12.5 Å². The molecule has 2 aromatic carbocycles. The molecule has 1 aliphatic heterocycles. The first kappa shape index (κ1) is 19.0. The summed E-state index contributed by atoms with van der Waals surface area (Å²) in [6.07, 6.45) is 0.0768. The summed E-state index contributed by atoms with van der Waals surface area (Å²) >= 11 is 6.24. The zero-order valence-corrected chi connectivity index (χ0v) is 15.9. The maximum Gasteiger partial charge on any atom is 0.226 e. The van der Waals surface area contributed by atoms with Gasteiger partial charge in [-0.3, -0.25) is 9.59 Å². The topological polar surface area (TPSA) is 76.7 Å². The highest BCUT2D eigenvalue weighted by atomic mass is 35.5. The first-order valence-electron chi connectivity index (χ1n) is 8.65. The van der Waals surface area contributed by atoms with Crippen molar-refractivity contribution < 1.29 is 19.1 Å². The third-order valence-corrected chi connectivity index (χ3v) is 4.47. The lowest BCUT2D eigenvalue weighted by molar-refractivity contribution is -0.120. The van der Waals surface area contributed by atoms with E-state index in [1.54, 1.807) is 12.1 Å². The monoisotopic (exact) mass is 388 g/mol. The van der Waals surface area contributed by atoms with Crippen molar-refractivity contribution in [1.82, 2.24) is 5.32 Å². The van der Waals surface area contributed by atoms with Crippen LogP contribution in [0, 0.1) is 6.92 Å². The van der Waals surface area contributed by atoms with Crippen molar-refractivity contribution in [3.05, 3.63) is 52.5 Å². The number of aryl methyl sites for hydroxylation is 1. The number of hydrogen-bond donors (Lipinski definition) is 2. The number of benzene rings is 2. The third kappa shape index (κ3) is 4.92. The summed E-state index contributed by atoms with van der Waals surface area (Å²) in [5, 5.41) is 5.97. The van der Waals surface area contributed by atoms with E-state index in [4.69, 9.17) is 21.1 Å². The zero-order chi connectivity index (χ0) is 19.4.